The Morgan fingerprint density at radius 2 is 1.65 bits per heavy atom. The van der Waals surface area contributed by atoms with E-state index in [0.717, 1.165) is 15.3 Å². The minimum atomic E-state index is -0.0359. The average molecular weight is 335 g/mol. The van der Waals surface area contributed by atoms with Gasteiger partial charge in [-0.15, -0.1) is 23.1 Å². The van der Waals surface area contributed by atoms with Crippen molar-refractivity contribution >= 4 is 28.9 Å². The summed E-state index contributed by atoms with van der Waals surface area (Å²) in [7, 11) is 0. The molecule has 0 amide bonds. The summed E-state index contributed by atoms with van der Waals surface area (Å²) in [6, 6.07) is 21.1. The molecule has 0 unspecified atom stereocenters. The molecular weight excluding hydrogens is 322 g/mol. The maximum atomic E-state index is 12.9. The molecule has 0 aliphatic carbocycles. The molecular formula is C19H13NOS2. The van der Waals surface area contributed by atoms with Crippen molar-refractivity contribution in [3.8, 4) is 17.2 Å². The van der Waals surface area contributed by atoms with Gasteiger partial charge < -0.3 is 0 Å². The van der Waals surface area contributed by atoms with Gasteiger partial charge in [-0.25, -0.2) is 0 Å². The van der Waals surface area contributed by atoms with E-state index in [9.17, 15) is 10.1 Å². The Hall–Kier alpha value is -2.35. The Morgan fingerprint density at radius 1 is 1.04 bits per heavy atom. The third-order valence-corrected chi connectivity index (χ3v) is 5.79. The molecule has 2 aromatic carbocycles. The first-order valence-electron chi connectivity index (χ1n) is 7.02. The standard InChI is InChI=1S/C19H13NOS2/c1-22-19-15(12-20)16(13-8-4-2-5-9-13)18(23-19)17(21)14-10-6-3-7-11-14/h2-11H,1H3. The van der Waals surface area contributed by atoms with Gasteiger partial charge in [0, 0.05) is 11.1 Å². The number of ketones is 1. The van der Waals surface area contributed by atoms with Crippen LogP contribution in [0.5, 0.6) is 0 Å². The van der Waals surface area contributed by atoms with Gasteiger partial charge in [-0.05, 0) is 11.8 Å². The van der Waals surface area contributed by atoms with Crippen LogP contribution in [0.1, 0.15) is 20.8 Å². The van der Waals surface area contributed by atoms with E-state index in [1.807, 2.05) is 66.9 Å². The SMILES string of the molecule is CSc1sc(C(=O)c2ccccc2)c(-c2ccccc2)c1C#N. The molecule has 1 heterocycles. The normalized spacial score (nSPS) is 10.3. The lowest BCUT2D eigenvalue weighted by Gasteiger charge is -2.04. The Morgan fingerprint density at radius 3 is 2.22 bits per heavy atom. The molecule has 3 rings (SSSR count). The minimum absolute atomic E-state index is 0.0359. The number of rotatable bonds is 4. The van der Waals surface area contributed by atoms with Crippen molar-refractivity contribution in [3.63, 3.8) is 0 Å². The van der Waals surface area contributed by atoms with Crippen LogP contribution >= 0.6 is 23.1 Å². The summed E-state index contributed by atoms with van der Waals surface area (Å²) in [6.07, 6.45) is 1.93. The molecule has 0 saturated heterocycles. The molecule has 0 N–H and O–H groups in total. The molecule has 112 valence electrons. The van der Waals surface area contributed by atoms with E-state index in [-0.39, 0.29) is 5.78 Å². The number of thioether (sulfide) groups is 1. The summed E-state index contributed by atoms with van der Waals surface area (Å²) >= 11 is 2.91. The summed E-state index contributed by atoms with van der Waals surface area (Å²) in [5, 5.41) is 9.59. The number of carbonyl (C=O) groups excluding carboxylic acids is 1. The molecule has 2 nitrogen and oxygen atoms in total. The fraction of sp³-hybridized carbons (Fsp3) is 0.0526. The number of hydrogen-bond donors (Lipinski definition) is 0. The second-order valence-electron chi connectivity index (χ2n) is 4.85. The van der Waals surface area contributed by atoms with Gasteiger partial charge in [-0.3, -0.25) is 4.79 Å². The van der Waals surface area contributed by atoms with E-state index in [4.69, 9.17) is 0 Å². The van der Waals surface area contributed by atoms with Gasteiger partial charge in [0.15, 0.2) is 0 Å². The molecule has 0 saturated carbocycles. The van der Waals surface area contributed by atoms with Crippen molar-refractivity contribution in [2.45, 2.75) is 4.21 Å². The van der Waals surface area contributed by atoms with Gasteiger partial charge >= 0.3 is 0 Å². The van der Waals surface area contributed by atoms with E-state index in [2.05, 4.69) is 6.07 Å². The maximum absolute atomic E-state index is 12.9. The van der Waals surface area contributed by atoms with Gasteiger partial charge in [0.05, 0.1) is 14.6 Å². The minimum Gasteiger partial charge on any atom is -0.288 e. The number of thiophene rings is 1. The summed E-state index contributed by atoms with van der Waals surface area (Å²) in [5.74, 6) is -0.0359. The molecule has 0 radical (unpaired) electrons. The number of carbonyl (C=O) groups is 1. The molecule has 0 aliphatic rings. The zero-order valence-corrected chi connectivity index (χ0v) is 14.1. The van der Waals surface area contributed by atoms with Gasteiger partial charge in [0.25, 0.3) is 0 Å². The quantitative estimate of drug-likeness (QED) is 0.483. The van der Waals surface area contributed by atoms with Crippen molar-refractivity contribution < 1.29 is 4.79 Å². The van der Waals surface area contributed by atoms with Gasteiger partial charge in [0.2, 0.25) is 5.78 Å². The molecule has 0 aliphatic heterocycles. The summed E-state index contributed by atoms with van der Waals surface area (Å²) < 4.78 is 0.880. The van der Waals surface area contributed by atoms with Crippen LogP contribution in [-0.4, -0.2) is 12.0 Å². The first-order valence-corrected chi connectivity index (χ1v) is 9.06. The fourth-order valence-corrected chi connectivity index (χ4v) is 4.32. The van der Waals surface area contributed by atoms with Crippen molar-refractivity contribution in [2.75, 3.05) is 6.26 Å². The van der Waals surface area contributed by atoms with E-state index >= 15 is 0 Å². The second kappa shape index (κ2) is 6.82. The summed E-state index contributed by atoms with van der Waals surface area (Å²) in [6.45, 7) is 0. The van der Waals surface area contributed by atoms with E-state index in [1.54, 1.807) is 0 Å². The summed E-state index contributed by atoms with van der Waals surface area (Å²) in [4.78, 5) is 13.6. The average Bonchev–Trinajstić information content (AvgIpc) is 3.01. The van der Waals surface area contributed by atoms with Crippen LogP contribution in [0, 0.1) is 11.3 Å². The molecule has 0 spiro atoms. The monoisotopic (exact) mass is 335 g/mol. The van der Waals surface area contributed by atoms with Crippen LogP contribution in [0.4, 0.5) is 0 Å². The Balaban J connectivity index is 2.23. The zero-order chi connectivity index (χ0) is 16.2. The topological polar surface area (TPSA) is 40.9 Å². The number of hydrogen-bond acceptors (Lipinski definition) is 4. The highest BCUT2D eigenvalue weighted by molar-refractivity contribution is 8.00. The van der Waals surface area contributed by atoms with E-state index in [1.165, 1.54) is 23.1 Å². The van der Waals surface area contributed by atoms with Gasteiger partial charge in [-0.1, -0.05) is 60.7 Å². The van der Waals surface area contributed by atoms with Crippen molar-refractivity contribution in [2.24, 2.45) is 0 Å². The fourth-order valence-electron chi connectivity index (χ4n) is 2.42. The molecule has 0 atom stereocenters. The molecule has 3 aromatic rings. The van der Waals surface area contributed by atoms with Crippen LogP contribution in [0.15, 0.2) is 64.9 Å². The number of nitrogens with zero attached hydrogens (tertiary/aromatic N) is 1. The number of benzene rings is 2. The molecule has 0 bridgehead atoms. The lowest BCUT2D eigenvalue weighted by atomic mass is 9.98. The molecule has 4 heteroatoms. The van der Waals surface area contributed by atoms with Crippen LogP contribution < -0.4 is 0 Å². The van der Waals surface area contributed by atoms with Crippen molar-refractivity contribution in [1.29, 1.82) is 5.26 Å². The highest BCUT2D eigenvalue weighted by Gasteiger charge is 2.24. The van der Waals surface area contributed by atoms with E-state index < -0.39 is 0 Å². The van der Waals surface area contributed by atoms with Crippen molar-refractivity contribution in [3.05, 3.63) is 76.7 Å². The lowest BCUT2D eigenvalue weighted by molar-refractivity contribution is 0.104. The maximum Gasteiger partial charge on any atom is 0.203 e. The zero-order valence-electron chi connectivity index (χ0n) is 12.4. The predicted octanol–water partition coefficient (Wildman–Crippen LogP) is 5.24. The molecule has 23 heavy (non-hydrogen) atoms. The van der Waals surface area contributed by atoms with Crippen LogP contribution in [-0.2, 0) is 0 Å². The van der Waals surface area contributed by atoms with Crippen LogP contribution in [0.25, 0.3) is 11.1 Å². The third kappa shape index (κ3) is 2.94. The Kier molecular flexibility index (Phi) is 4.61. The van der Waals surface area contributed by atoms with Crippen LogP contribution in [0.2, 0.25) is 0 Å². The second-order valence-corrected chi connectivity index (χ2v) is 6.94. The predicted molar refractivity (Wildman–Crippen MR) is 96.1 cm³/mol. The number of nitriles is 1. The first kappa shape index (κ1) is 15.5. The van der Waals surface area contributed by atoms with E-state index in [0.29, 0.717) is 16.0 Å². The van der Waals surface area contributed by atoms with Crippen LogP contribution in [0.3, 0.4) is 0 Å². The highest BCUT2D eigenvalue weighted by atomic mass is 32.2. The molecule has 1 aromatic heterocycles. The largest absolute Gasteiger partial charge is 0.288 e. The highest BCUT2D eigenvalue weighted by Crippen LogP contribution is 2.41. The van der Waals surface area contributed by atoms with Gasteiger partial charge in [-0.2, -0.15) is 5.26 Å². The smallest absolute Gasteiger partial charge is 0.203 e. The van der Waals surface area contributed by atoms with Crippen molar-refractivity contribution in [1.82, 2.24) is 0 Å². The Labute approximate surface area is 143 Å². The Bertz CT molecular complexity index is 877. The lowest BCUT2D eigenvalue weighted by Crippen LogP contribution is -2.00. The van der Waals surface area contributed by atoms with Gasteiger partial charge in [0.1, 0.15) is 6.07 Å². The third-order valence-electron chi connectivity index (χ3n) is 3.48. The summed E-state index contributed by atoms with van der Waals surface area (Å²) in [5.41, 5.74) is 2.88. The molecule has 0 fully saturated rings. The first-order chi connectivity index (χ1) is 11.3.